The van der Waals surface area contributed by atoms with E-state index in [9.17, 15) is 9.18 Å². The lowest BCUT2D eigenvalue weighted by Gasteiger charge is -2.02. The third-order valence-corrected chi connectivity index (χ3v) is 2.10. The minimum atomic E-state index is -0.385. The molecule has 0 bridgehead atoms. The summed E-state index contributed by atoms with van der Waals surface area (Å²) in [6.07, 6.45) is 2.15. The Morgan fingerprint density at radius 2 is 2.21 bits per heavy atom. The first kappa shape index (κ1) is 8.81. The lowest BCUT2D eigenvalue weighted by molar-refractivity contribution is 0.112. The molecule has 2 nitrogen and oxygen atoms in total. The second-order valence-electron chi connectivity index (χ2n) is 3.16. The molecule has 70 valence electrons. The predicted molar refractivity (Wildman–Crippen MR) is 51.8 cm³/mol. The highest BCUT2D eigenvalue weighted by molar-refractivity contribution is 5.96. The summed E-state index contributed by atoms with van der Waals surface area (Å²) in [7, 11) is 0. The largest absolute Gasteiger partial charge is 0.298 e. The van der Waals surface area contributed by atoms with Crippen LogP contribution in [0.15, 0.2) is 24.4 Å². The van der Waals surface area contributed by atoms with Crippen molar-refractivity contribution in [2.75, 3.05) is 0 Å². The van der Waals surface area contributed by atoms with Crippen LogP contribution in [0, 0.1) is 12.7 Å². The third kappa shape index (κ3) is 1.27. The van der Waals surface area contributed by atoms with E-state index in [2.05, 4.69) is 4.98 Å². The summed E-state index contributed by atoms with van der Waals surface area (Å²) < 4.78 is 13.4. The van der Waals surface area contributed by atoms with E-state index in [1.54, 1.807) is 19.1 Å². The maximum atomic E-state index is 13.4. The number of fused-ring (bicyclic) bond motifs is 1. The molecule has 0 aliphatic carbocycles. The first-order valence-electron chi connectivity index (χ1n) is 4.22. The van der Waals surface area contributed by atoms with Gasteiger partial charge in [-0.05, 0) is 30.7 Å². The summed E-state index contributed by atoms with van der Waals surface area (Å²) in [4.78, 5) is 14.6. The zero-order valence-corrected chi connectivity index (χ0v) is 7.62. The van der Waals surface area contributed by atoms with Crippen LogP contribution in [0.2, 0.25) is 0 Å². The smallest absolute Gasteiger partial charge is 0.150 e. The number of aryl methyl sites for hydroxylation is 1. The van der Waals surface area contributed by atoms with E-state index in [0.717, 1.165) is 5.56 Å². The van der Waals surface area contributed by atoms with Crippen LogP contribution in [0.1, 0.15) is 15.9 Å². The van der Waals surface area contributed by atoms with Crippen molar-refractivity contribution in [2.24, 2.45) is 0 Å². The van der Waals surface area contributed by atoms with Crippen molar-refractivity contribution in [3.8, 4) is 0 Å². The predicted octanol–water partition coefficient (Wildman–Crippen LogP) is 2.49. The Kier molecular flexibility index (Phi) is 2.00. The van der Waals surface area contributed by atoms with Crippen molar-refractivity contribution in [1.29, 1.82) is 0 Å². The molecule has 0 fully saturated rings. The number of benzene rings is 1. The van der Waals surface area contributed by atoms with Crippen LogP contribution in [0.4, 0.5) is 4.39 Å². The lowest BCUT2D eigenvalue weighted by Crippen LogP contribution is -1.90. The van der Waals surface area contributed by atoms with E-state index >= 15 is 0 Å². The van der Waals surface area contributed by atoms with Crippen LogP contribution in [0.3, 0.4) is 0 Å². The molecule has 14 heavy (non-hydrogen) atoms. The molecule has 0 atom stereocenters. The fourth-order valence-electron chi connectivity index (χ4n) is 1.47. The second kappa shape index (κ2) is 3.18. The molecule has 0 N–H and O–H groups in total. The van der Waals surface area contributed by atoms with Crippen LogP contribution in [0.5, 0.6) is 0 Å². The standard InChI is InChI=1S/C11H8FNO/c1-7-4-9-8(6-14)2-3-13-11(9)10(12)5-7/h2-6H,1H3. The molecule has 0 unspecified atom stereocenters. The number of rotatable bonds is 1. The van der Waals surface area contributed by atoms with Crippen LogP contribution < -0.4 is 0 Å². The zero-order valence-electron chi connectivity index (χ0n) is 7.62. The van der Waals surface area contributed by atoms with Crippen LogP contribution >= 0.6 is 0 Å². The van der Waals surface area contributed by atoms with Gasteiger partial charge in [-0.1, -0.05) is 0 Å². The number of carbonyl (C=O) groups excluding carboxylic acids is 1. The number of pyridine rings is 1. The average molecular weight is 189 g/mol. The molecule has 3 heteroatoms. The number of nitrogens with zero attached hydrogens (tertiary/aromatic N) is 1. The van der Waals surface area contributed by atoms with Gasteiger partial charge in [0.2, 0.25) is 0 Å². The van der Waals surface area contributed by atoms with Gasteiger partial charge in [-0.15, -0.1) is 0 Å². The van der Waals surface area contributed by atoms with Gasteiger partial charge in [-0.2, -0.15) is 0 Å². The van der Waals surface area contributed by atoms with E-state index < -0.39 is 0 Å². The Morgan fingerprint density at radius 1 is 1.43 bits per heavy atom. The number of halogens is 1. The molecule has 0 aliphatic heterocycles. The van der Waals surface area contributed by atoms with Gasteiger partial charge in [0.05, 0.1) is 0 Å². The maximum Gasteiger partial charge on any atom is 0.150 e. The summed E-state index contributed by atoms with van der Waals surface area (Å²) in [5, 5.41) is 0.569. The maximum absolute atomic E-state index is 13.4. The van der Waals surface area contributed by atoms with E-state index in [0.29, 0.717) is 17.2 Å². The van der Waals surface area contributed by atoms with Crippen LogP contribution in [-0.4, -0.2) is 11.3 Å². The van der Waals surface area contributed by atoms with Gasteiger partial charge >= 0.3 is 0 Å². The molecule has 2 aromatic rings. The van der Waals surface area contributed by atoms with Gasteiger partial charge in [-0.3, -0.25) is 9.78 Å². The summed E-state index contributed by atoms with van der Waals surface area (Å²) in [6, 6.07) is 4.74. The van der Waals surface area contributed by atoms with Gasteiger partial charge in [0.25, 0.3) is 0 Å². The van der Waals surface area contributed by atoms with Crippen molar-refractivity contribution < 1.29 is 9.18 Å². The molecule has 0 aliphatic rings. The molecule has 0 radical (unpaired) electrons. The molecule has 0 saturated heterocycles. The van der Waals surface area contributed by atoms with Crippen LogP contribution in [-0.2, 0) is 0 Å². The normalized spacial score (nSPS) is 10.4. The average Bonchev–Trinajstić information content (AvgIpc) is 2.17. The number of aromatic nitrogens is 1. The zero-order chi connectivity index (χ0) is 10.1. The second-order valence-corrected chi connectivity index (χ2v) is 3.16. The fraction of sp³-hybridized carbons (Fsp3) is 0.0909. The summed E-state index contributed by atoms with van der Waals surface area (Å²) in [5.74, 6) is -0.385. The van der Waals surface area contributed by atoms with E-state index in [1.807, 2.05) is 0 Å². The summed E-state index contributed by atoms with van der Waals surface area (Å²) in [5.41, 5.74) is 1.50. The first-order chi connectivity index (χ1) is 6.72. The molecule has 0 amide bonds. The quantitative estimate of drug-likeness (QED) is 0.645. The number of hydrogen-bond acceptors (Lipinski definition) is 2. The van der Waals surface area contributed by atoms with Crippen LogP contribution in [0.25, 0.3) is 10.9 Å². The van der Waals surface area contributed by atoms with Crippen molar-refractivity contribution in [3.63, 3.8) is 0 Å². The van der Waals surface area contributed by atoms with Gasteiger partial charge < -0.3 is 0 Å². The Balaban J connectivity index is 2.93. The number of hydrogen-bond donors (Lipinski definition) is 0. The molecule has 1 aromatic carbocycles. The first-order valence-corrected chi connectivity index (χ1v) is 4.22. The highest BCUT2D eigenvalue weighted by atomic mass is 19.1. The Labute approximate surface area is 80.4 Å². The monoisotopic (exact) mass is 189 g/mol. The highest BCUT2D eigenvalue weighted by Crippen LogP contribution is 2.20. The minimum Gasteiger partial charge on any atom is -0.298 e. The highest BCUT2D eigenvalue weighted by Gasteiger charge is 2.06. The lowest BCUT2D eigenvalue weighted by atomic mass is 10.1. The summed E-state index contributed by atoms with van der Waals surface area (Å²) in [6.45, 7) is 1.78. The van der Waals surface area contributed by atoms with Crippen molar-refractivity contribution >= 4 is 17.2 Å². The number of carbonyl (C=O) groups is 1. The van der Waals surface area contributed by atoms with Gasteiger partial charge in [0.1, 0.15) is 11.3 Å². The van der Waals surface area contributed by atoms with Crippen molar-refractivity contribution in [3.05, 3.63) is 41.3 Å². The SMILES string of the molecule is Cc1cc(F)c2nccc(C=O)c2c1. The van der Waals surface area contributed by atoms with E-state index in [-0.39, 0.29) is 11.3 Å². The molecule has 1 aromatic heterocycles. The van der Waals surface area contributed by atoms with Gasteiger partial charge in [0, 0.05) is 17.1 Å². The molecule has 2 rings (SSSR count). The Hall–Kier alpha value is -1.77. The Bertz CT molecular complexity index is 508. The number of aldehydes is 1. The molecule has 0 spiro atoms. The third-order valence-electron chi connectivity index (χ3n) is 2.10. The van der Waals surface area contributed by atoms with E-state index in [1.165, 1.54) is 12.3 Å². The Morgan fingerprint density at radius 3 is 2.93 bits per heavy atom. The van der Waals surface area contributed by atoms with E-state index in [4.69, 9.17) is 0 Å². The summed E-state index contributed by atoms with van der Waals surface area (Å²) >= 11 is 0. The minimum absolute atomic E-state index is 0.250. The van der Waals surface area contributed by atoms with Gasteiger partial charge in [-0.25, -0.2) is 4.39 Å². The van der Waals surface area contributed by atoms with Crippen molar-refractivity contribution in [2.45, 2.75) is 6.92 Å². The molecule has 1 heterocycles. The topological polar surface area (TPSA) is 30.0 Å². The molecule has 0 saturated carbocycles. The van der Waals surface area contributed by atoms with Gasteiger partial charge in [0.15, 0.2) is 6.29 Å². The fourth-order valence-corrected chi connectivity index (χ4v) is 1.47. The van der Waals surface area contributed by atoms with Crippen molar-refractivity contribution in [1.82, 2.24) is 4.98 Å². The molecular weight excluding hydrogens is 181 g/mol. The molecular formula is C11H8FNO.